The van der Waals surface area contributed by atoms with Crippen LogP contribution in [0, 0.1) is 0 Å². The van der Waals surface area contributed by atoms with Crippen LogP contribution in [0.2, 0.25) is 0 Å². The monoisotopic (exact) mass is 831 g/mol. The van der Waals surface area contributed by atoms with Gasteiger partial charge in [-0.1, -0.05) is 78.9 Å². The minimum Gasteiger partial charge on any atom is -0.468 e. The number of anilines is 3. The van der Waals surface area contributed by atoms with Gasteiger partial charge < -0.3 is 51.1 Å². The van der Waals surface area contributed by atoms with E-state index in [0.717, 1.165) is 70.1 Å². The summed E-state index contributed by atoms with van der Waals surface area (Å²) in [6, 6.07) is 29.7. The van der Waals surface area contributed by atoms with E-state index in [2.05, 4.69) is 102 Å². The Morgan fingerprint density at radius 2 is 1.08 bits per heavy atom. The van der Waals surface area contributed by atoms with Crippen molar-refractivity contribution in [2.75, 3.05) is 45.1 Å². The van der Waals surface area contributed by atoms with E-state index in [1.54, 1.807) is 21.3 Å². The molecule has 0 aliphatic carbocycles. The highest BCUT2D eigenvalue weighted by atomic mass is 16.5. The molecule has 19 heteroatoms. The Balaban J connectivity index is 0.000000119. The molecule has 6 aromatic heterocycles. The number of imidazole rings is 3. The number of nitrogens with two attached hydrogens (primary N) is 3. The molecule has 7 heterocycles. The lowest BCUT2D eigenvalue weighted by Gasteiger charge is -2.22. The maximum Gasteiger partial charge on any atom is 0.295 e. The van der Waals surface area contributed by atoms with E-state index in [1.807, 2.05) is 42.5 Å². The fourth-order valence-corrected chi connectivity index (χ4v) is 7.35. The number of rotatable bonds is 6. The second-order valence-electron chi connectivity index (χ2n) is 14.1. The number of nitrogens with one attached hydrogen (secondary N) is 3. The summed E-state index contributed by atoms with van der Waals surface area (Å²) < 4.78 is 21.1. The quantitative estimate of drug-likeness (QED) is 0.101. The second kappa shape index (κ2) is 16.8. The highest BCUT2D eigenvalue weighted by Crippen LogP contribution is 2.34. The molecule has 62 heavy (non-hydrogen) atoms. The third-order valence-corrected chi connectivity index (χ3v) is 10.2. The number of hydrogen-bond acceptors (Lipinski definition) is 16. The predicted octanol–water partition coefficient (Wildman–Crippen LogP) is 6.71. The molecule has 10 aromatic rings. The van der Waals surface area contributed by atoms with Gasteiger partial charge in [-0.15, -0.1) is 0 Å². The molecule has 1 unspecified atom stereocenters. The van der Waals surface area contributed by atoms with Crippen molar-refractivity contribution in [1.29, 1.82) is 0 Å². The van der Waals surface area contributed by atoms with E-state index < -0.39 is 0 Å². The van der Waals surface area contributed by atoms with Crippen LogP contribution in [0.5, 0.6) is 18.0 Å². The van der Waals surface area contributed by atoms with Crippen LogP contribution in [0.4, 0.5) is 17.8 Å². The maximum atomic E-state index is 5.84. The molecule has 1 atom stereocenters. The van der Waals surface area contributed by atoms with Crippen LogP contribution in [0.25, 0.3) is 77.6 Å². The van der Waals surface area contributed by atoms with Gasteiger partial charge >= 0.3 is 0 Å². The first-order valence-electron chi connectivity index (χ1n) is 19.6. The van der Waals surface area contributed by atoms with E-state index in [-0.39, 0.29) is 23.9 Å². The summed E-state index contributed by atoms with van der Waals surface area (Å²) in [7, 11) is 4.64. The molecule has 0 amide bonds. The molecule has 9 N–H and O–H groups in total. The Morgan fingerprint density at radius 3 is 1.73 bits per heavy atom. The van der Waals surface area contributed by atoms with E-state index in [4.69, 9.17) is 36.1 Å². The summed E-state index contributed by atoms with van der Waals surface area (Å²) in [4.78, 5) is 47.3. The second-order valence-corrected chi connectivity index (χ2v) is 14.1. The third-order valence-electron chi connectivity index (χ3n) is 10.2. The fourth-order valence-electron chi connectivity index (χ4n) is 7.35. The molecular formula is C43H41N15O4. The van der Waals surface area contributed by atoms with Crippen LogP contribution < -0.4 is 31.4 Å². The van der Waals surface area contributed by atoms with Gasteiger partial charge in [-0.05, 0) is 46.9 Å². The topological polar surface area (TPSA) is 278 Å². The van der Waals surface area contributed by atoms with E-state index in [0.29, 0.717) is 51.7 Å². The zero-order chi connectivity index (χ0) is 42.7. The van der Waals surface area contributed by atoms with Crippen molar-refractivity contribution in [2.24, 2.45) is 0 Å². The standard InChI is InChI=1S/2C16H13N5O.C11H15N5O2/c1-22-16-19-13-12(18-15(17)20-14(13)21-16)11-8-4-6-9-5-2-3-7-10(9)11;1-22-16-19-13-12(18-15(17)20-14(13)21-16)11-7-6-9-4-2-3-5-10(9)8-11;1-17-11-14-8-7(6-4-2-3-5-18-6)13-10(12)15-9(8)16-11/h2*2-8H,1H3,(H3,17,18,19,20,21);6H,2-5H2,1H3,(H3,12,13,14,15,16). The molecule has 1 aliphatic rings. The molecular weight excluding hydrogens is 791 g/mol. The largest absolute Gasteiger partial charge is 0.468 e. The predicted molar refractivity (Wildman–Crippen MR) is 236 cm³/mol. The van der Waals surface area contributed by atoms with Crippen molar-refractivity contribution < 1.29 is 18.9 Å². The zero-order valence-corrected chi connectivity index (χ0v) is 33.9. The molecule has 0 saturated carbocycles. The first-order valence-corrected chi connectivity index (χ1v) is 19.6. The molecule has 312 valence electrons. The summed E-state index contributed by atoms with van der Waals surface area (Å²) >= 11 is 0. The molecule has 4 aromatic carbocycles. The average Bonchev–Trinajstić information content (AvgIpc) is 4.05. The molecule has 0 radical (unpaired) electrons. The number of aromatic nitrogens is 12. The van der Waals surface area contributed by atoms with Gasteiger partial charge in [0.2, 0.25) is 17.8 Å². The van der Waals surface area contributed by atoms with E-state index in [9.17, 15) is 0 Å². The van der Waals surface area contributed by atoms with Gasteiger partial charge in [0.25, 0.3) is 18.0 Å². The summed E-state index contributed by atoms with van der Waals surface area (Å²) in [5.74, 6) is 0.579. The number of hydrogen-bond donors (Lipinski definition) is 6. The van der Waals surface area contributed by atoms with Gasteiger partial charge in [-0.3, -0.25) is 0 Å². The van der Waals surface area contributed by atoms with Gasteiger partial charge in [0.1, 0.15) is 39.7 Å². The van der Waals surface area contributed by atoms with Crippen molar-refractivity contribution in [3.63, 3.8) is 0 Å². The molecule has 1 fully saturated rings. The minimum absolute atomic E-state index is 0.0447. The van der Waals surface area contributed by atoms with Gasteiger partial charge in [-0.25, -0.2) is 15.0 Å². The number of methoxy groups -OCH3 is 3. The van der Waals surface area contributed by atoms with Crippen molar-refractivity contribution in [3.8, 4) is 40.5 Å². The SMILES string of the molecule is COc1nc2nc(N)nc(-c3ccc4ccccc4c3)c2[nH]1.COc1nc2nc(N)nc(-c3cccc4ccccc34)c2[nH]1.COc1nc2nc(N)nc(C3CCCCO3)c2[nH]1. The van der Waals surface area contributed by atoms with Gasteiger partial charge in [0.05, 0.1) is 21.3 Å². The highest BCUT2D eigenvalue weighted by Gasteiger charge is 2.23. The summed E-state index contributed by atoms with van der Waals surface area (Å²) in [5, 5.41) is 4.54. The van der Waals surface area contributed by atoms with Crippen LogP contribution in [-0.2, 0) is 4.74 Å². The maximum absolute atomic E-state index is 5.84. The van der Waals surface area contributed by atoms with Crippen LogP contribution in [0.3, 0.4) is 0 Å². The Morgan fingerprint density at radius 1 is 0.532 bits per heavy atom. The molecule has 11 rings (SSSR count). The van der Waals surface area contributed by atoms with E-state index >= 15 is 0 Å². The molecule has 19 nitrogen and oxygen atoms in total. The highest BCUT2D eigenvalue weighted by molar-refractivity contribution is 6.01. The normalized spacial score (nSPS) is 13.8. The van der Waals surface area contributed by atoms with Crippen LogP contribution in [0.15, 0.2) is 84.9 Å². The molecule has 0 spiro atoms. The van der Waals surface area contributed by atoms with Crippen LogP contribution in [0.1, 0.15) is 31.1 Å². The smallest absolute Gasteiger partial charge is 0.295 e. The average molecular weight is 832 g/mol. The lowest BCUT2D eigenvalue weighted by Crippen LogP contribution is -2.14. The number of aromatic amines is 3. The first-order chi connectivity index (χ1) is 30.3. The van der Waals surface area contributed by atoms with Crippen molar-refractivity contribution in [1.82, 2.24) is 59.8 Å². The Bertz CT molecular complexity index is 3200. The lowest BCUT2D eigenvalue weighted by atomic mass is 10.0. The van der Waals surface area contributed by atoms with Gasteiger partial charge in [0.15, 0.2) is 16.9 Å². The van der Waals surface area contributed by atoms with Crippen molar-refractivity contribution in [2.45, 2.75) is 25.4 Å². The van der Waals surface area contributed by atoms with Gasteiger partial charge in [-0.2, -0.15) is 29.9 Å². The number of nitrogen functional groups attached to an aromatic ring is 3. The number of nitrogens with zero attached hydrogens (tertiary/aromatic N) is 9. The Labute approximate surface area is 352 Å². The number of fused-ring (bicyclic) bond motifs is 5. The third kappa shape index (κ3) is 7.82. The lowest BCUT2D eigenvalue weighted by molar-refractivity contribution is 0.0132. The fraction of sp³-hybridized carbons (Fsp3) is 0.186. The number of H-pyrrole nitrogens is 3. The molecule has 1 saturated heterocycles. The first kappa shape index (κ1) is 39.3. The van der Waals surface area contributed by atoms with Crippen molar-refractivity contribution >= 4 is 72.9 Å². The number of benzene rings is 4. The summed E-state index contributed by atoms with van der Waals surface area (Å²) in [5.41, 5.74) is 25.1. The van der Waals surface area contributed by atoms with Crippen molar-refractivity contribution in [3.05, 3.63) is 90.6 Å². The van der Waals surface area contributed by atoms with Crippen LogP contribution >= 0.6 is 0 Å². The zero-order valence-electron chi connectivity index (χ0n) is 33.9. The molecule has 1 aliphatic heterocycles. The molecule has 0 bridgehead atoms. The summed E-state index contributed by atoms with van der Waals surface area (Å²) in [6.45, 7) is 0.751. The van der Waals surface area contributed by atoms with Crippen LogP contribution in [-0.4, -0.2) is 87.7 Å². The number of ether oxygens (including phenoxy) is 4. The summed E-state index contributed by atoms with van der Waals surface area (Å²) in [6.07, 6.45) is 3.11. The Kier molecular flexibility index (Phi) is 10.7. The van der Waals surface area contributed by atoms with Gasteiger partial charge in [0, 0.05) is 17.7 Å². The Hall–Kier alpha value is -8.19. The van der Waals surface area contributed by atoms with E-state index in [1.165, 1.54) is 5.39 Å². The minimum atomic E-state index is -0.0447.